The Hall–Kier alpha value is -6.76. The molecule has 319 valence electrons. The van der Waals surface area contributed by atoms with E-state index in [1.54, 1.807) is 0 Å². The zero-order valence-electron chi connectivity index (χ0n) is 38.4. The van der Waals surface area contributed by atoms with Crippen molar-refractivity contribution in [3.8, 4) is 16.8 Å². The molecule has 0 spiro atoms. The largest absolute Gasteiger partial charge is 0.456 e. The summed E-state index contributed by atoms with van der Waals surface area (Å²) in [4.78, 5) is 0. The molecule has 8 aromatic carbocycles. The highest BCUT2D eigenvalue weighted by Crippen LogP contribution is 2.51. The van der Waals surface area contributed by atoms with Gasteiger partial charge in [0.15, 0.2) is 7.28 Å². The summed E-state index contributed by atoms with van der Waals surface area (Å²) in [5, 5.41) is 13.6. The third kappa shape index (κ3) is 5.33. The van der Waals surface area contributed by atoms with E-state index in [1.807, 2.05) is 11.3 Å². The molecular formula is C60H48BN2O2S. The number of benzene rings is 8. The molecule has 0 fully saturated rings. The van der Waals surface area contributed by atoms with Crippen molar-refractivity contribution < 1.29 is 8.83 Å². The van der Waals surface area contributed by atoms with Gasteiger partial charge in [-0.05, 0) is 117 Å². The summed E-state index contributed by atoms with van der Waals surface area (Å²) >= 11 is 1.93. The Balaban J connectivity index is 1.08. The van der Waals surface area contributed by atoms with Gasteiger partial charge in [0.05, 0.1) is 5.52 Å². The smallest absolute Gasteiger partial charge is 0.197 e. The van der Waals surface area contributed by atoms with E-state index < -0.39 is 0 Å². The summed E-state index contributed by atoms with van der Waals surface area (Å²) in [7, 11) is 2.44. The van der Waals surface area contributed by atoms with E-state index in [4.69, 9.17) is 8.83 Å². The number of rotatable bonds is 3. The lowest BCUT2D eigenvalue weighted by Gasteiger charge is -2.41. The van der Waals surface area contributed by atoms with E-state index in [0.717, 1.165) is 71.9 Å². The molecule has 5 heterocycles. The first-order valence-electron chi connectivity index (χ1n) is 23.4. The Bertz CT molecular complexity index is 4090. The summed E-state index contributed by atoms with van der Waals surface area (Å²) < 4.78 is 18.3. The maximum absolute atomic E-state index is 6.58. The van der Waals surface area contributed by atoms with Gasteiger partial charge in [-0.3, -0.25) is 0 Å². The van der Waals surface area contributed by atoms with Crippen molar-refractivity contribution in [2.24, 2.45) is 0 Å². The zero-order valence-corrected chi connectivity index (χ0v) is 39.2. The minimum Gasteiger partial charge on any atom is -0.456 e. The van der Waals surface area contributed by atoms with E-state index >= 15 is 0 Å². The van der Waals surface area contributed by atoms with Gasteiger partial charge in [-0.2, -0.15) is 0 Å². The Morgan fingerprint density at radius 3 is 2.03 bits per heavy atom. The first-order valence-corrected chi connectivity index (χ1v) is 24.3. The highest BCUT2D eigenvalue weighted by molar-refractivity contribution is 7.25. The van der Waals surface area contributed by atoms with E-state index in [2.05, 4.69) is 199 Å². The highest BCUT2D eigenvalue weighted by atomic mass is 32.1. The van der Waals surface area contributed by atoms with Crippen LogP contribution in [-0.2, 0) is 16.2 Å². The summed E-state index contributed by atoms with van der Waals surface area (Å²) in [6.07, 6.45) is 2.38. The molecule has 1 N–H and O–H groups in total. The molecule has 0 unspecified atom stereocenters. The first kappa shape index (κ1) is 38.5. The fourth-order valence-electron chi connectivity index (χ4n) is 11.7. The van der Waals surface area contributed by atoms with Crippen LogP contribution in [0.5, 0.6) is 0 Å². The Kier molecular flexibility index (Phi) is 7.58. The number of furan rings is 2. The summed E-state index contributed by atoms with van der Waals surface area (Å²) in [6, 6.07) is 49.6. The molecule has 1 aliphatic heterocycles. The Morgan fingerprint density at radius 2 is 1.26 bits per heavy atom. The normalized spacial score (nSPS) is 15.4. The van der Waals surface area contributed by atoms with Gasteiger partial charge in [0.1, 0.15) is 22.3 Å². The molecule has 1 radical (unpaired) electrons. The number of nitrogens with one attached hydrogen (secondary N) is 1. The van der Waals surface area contributed by atoms with Crippen LogP contribution < -0.4 is 16.2 Å². The molecular weight excluding hydrogens is 824 g/mol. The molecule has 4 aromatic heterocycles. The lowest BCUT2D eigenvalue weighted by Crippen LogP contribution is -2.37. The van der Waals surface area contributed by atoms with Crippen LogP contribution in [0.15, 0.2) is 142 Å². The SMILES string of the molecule is CC(C)(C)c1ccc(Nc2cc3sc4cc5c(cc4c3cc2-c2ccc3c4c6c(ccc4n4c3c2[B]c2cc3c(cc2-4)oc2ccccc23)oc2ccccc26)C(C)(C)CCC5(C)C)cc1. The quantitative estimate of drug-likeness (QED) is 0.180. The molecule has 0 atom stereocenters. The molecule has 0 saturated carbocycles. The second kappa shape index (κ2) is 13.0. The Labute approximate surface area is 388 Å². The Morgan fingerprint density at radius 1 is 0.576 bits per heavy atom. The van der Waals surface area contributed by atoms with Crippen LogP contribution in [0.3, 0.4) is 0 Å². The van der Waals surface area contributed by atoms with Gasteiger partial charge in [0, 0.05) is 86.7 Å². The molecule has 0 saturated heterocycles. The highest BCUT2D eigenvalue weighted by Gasteiger charge is 2.38. The average molecular weight is 872 g/mol. The minimum absolute atomic E-state index is 0.0628. The monoisotopic (exact) mass is 871 g/mol. The summed E-state index contributed by atoms with van der Waals surface area (Å²) in [5.74, 6) is 0. The van der Waals surface area contributed by atoms with Gasteiger partial charge in [0.2, 0.25) is 0 Å². The van der Waals surface area contributed by atoms with E-state index in [9.17, 15) is 0 Å². The molecule has 1 aliphatic carbocycles. The molecule has 6 heteroatoms. The zero-order chi connectivity index (χ0) is 44.6. The number of nitrogens with zero attached hydrogens (tertiary/aromatic N) is 1. The first-order chi connectivity index (χ1) is 31.8. The topological polar surface area (TPSA) is 43.2 Å². The molecule has 66 heavy (non-hydrogen) atoms. The minimum atomic E-state index is 0.0628. The molecule has 0 bridgehead atoms. The molecule has 0 amide bonds. The molecule has 12 aromatic rings. The van der Waals surface area contributed by atoms with Crippen LogP contribution in [0.25, 0.3) is 103 Å². The van der Waals surface area contributed by atoms with Crippen molar-refractivity contribution in [1.82, 2.24) is 4.57 Å². The lowest BCUT2D eigenvalue weighted by molar-refractivity contribution is 0.332. The van der Waals surface area contributed by atoms with Gasteiger partial charge in [0.25, 0.3) is 0 Å². The van der Waals surface area contributed by atoms with Crippen molar-refractivity contribution >= 4 is 127 Å². The molecule has 14 rings (SSSR count). The lowest BCUT2D eigenvalue weighted by atomic mass is 9.59. The second-order valence-corrected chi connectivity index (χ2v) is 22.5. The number of para-hydroxylation sites is 2. The third-order valence-electron chi connectivity index (χ3n) is 15.4. The maximum atomic E-state index is 6.58. The predicted molar refractivity (Wildman–Crippen MR) is 282 cm³/mol. The third-order valence-corrected chi connectivity index (χ3v) is 16.6. The standard InChI is InChI=1S/C60H48BN2O2S/c1-58(2,3)32-16-18-33(19-17-32)62-45-30-53-40(41-27-42-43(29-52(41)66-53)60(6,7)25-24-59(42,4)5)26-38(45)35-20-21-37-54-46(22-23-50-55(54)36-13-9-11-15-49(36)64-50)63-47-31-51-39(28-44(47)61-56(35)57(37)63)34-12-8-10-14-48(34)65-51/h8-23,26-31,62H,24-25H2,1-7H3. The van der Waals surface area contributed by atoms with Crippen molar-refractivity contribution in [2.45, 2.75) is 77.6 Å². The fourth-order valence-corrected chi connectivity index (χ4v) is 12.9. The van der Waals surface area contributed by atoms with E-state index in [0.29, 0.717) is 0 Å². The van der Waals surface area contributed by atoms with Crippen molar-refractivity contribution in [3.63, 3.8) is 0 Å². The van der Waals surface area contributed by atoms with Crippen LogP contribution in [-0.4, -0.2) is 11.8 Å². The number of hydrogen-bond acceptors (Lipinski definition) is 4. The number of thiophene rings is 1. The van der Waals surface area contributed by atoms with Crippen molar-refractivity contribution in [2.75, 3.05) is 5.32 Å². The predicted octanol–water partition coefficient (Wildman–Crippen LogP) is 16.0. The summed E-state index contributed by atoms with van der Waals surface area (Å²) in [5.41, 5.74) is 18.6. The van der Waals surface area contributed by atoms with Gasteiger partial charge in [-0.25, -0.2) is 0 Å². The van der Waals surface area contributed by atoms with Crippen molar-refractivity contribution in [1.29, 1.82) is 0 Å². The number of aromatic nitrogens is 1. The average Bonchev–Trinajstić information content (AvgIpc) is 4.05. The van der Waals surface area contributed by atoms with Crippen LogP contribution in [0, 0.1) is 0 Å². The van der Waals surface area contributed by atoms with Crippen LogP contribution >= 0.6 is 11.3 Å². The van der Waals surface area contributed by atoms with Crippen molar-refractivity contribution in [3.05, 3.63) is 150 Å². The van der Waals surface area contributed by atoms with Crippen LogP contribution in [0.4, 0.5) is 11.4 Å². The maximum Gasteiger partial charge on any atom is 0.197 e. The number of hydrogen-bond donors (Lipinski definition) is 1. The molecule has 2 aliphatic rings. The number of fused-ring (bicyclic) bond motifs is 16. The van der Waals surface area contributed by atoms with E-state index in [1.165, 1.54) is 82.6 Å². The van der Waals surface area contributed by atoms with Gasteiger partial charge in [-0.1, -0.05) is 121 Å². The second-order valence-electron chi connectivity index (χ2n) is 21.4. The fraction of sp³-hybridized carbons (Fsp3) is 0.200. The van der Waals surface area contributed by atoms with Gasteiger partial charge < -0.3 is 18.7 Å². The van der Waals surface area contributed by atoms with Crippen LogP contribution in [0.1, 0.15) is 78.0 Å². The van der Waals surface area contributed by atoms with Gasteiger partial charge >= 0.3 is 0 Å². The summed E-state index contributed by atoms with van der Waals surface area (Å²) in [6.45, 7) is 16.6. The molecule has 4 nitrogen and oxygen atoms in total. The van der Waals surface area contributed by atoms with Gasteiger partial charge in [-0.15, -0.1) is 11.3 Å². The van der Waals surface area contributed by atoms with Crippen LogP contribution in [0.2, 0.25) is 0 Å². The van der Waals surface area contributed by atoms with E-state index in [-0.39, 0.29) is 16.2 Å². The number of anilines is 2.